The second kappa shape index (κ2) is 6.41. The summed E-state index contributed by atoms with van der Waals surface area (Å²) in [4.78, 5) is 38.4. The predicted molar refractivity (Wildman–Crippen MR) is 79.6 cm³/mol. The zero-order valence-corrected chi connectivity index (χ0v) is 13.8. The fraction of sp³-hybridized carbons (Fsp3) is 0.786. The Kier molecular flexibility index (Phi) is 5.26. The first-order valence-electron chi connectivity index (χ1n) is 7.18. The Morgan fingerprint density at radius 2 is 1.68 bits per heavy atom. The largest absolute Gasteiger partial charge is 0.480 e. The third-order valence-corrected chi connectivity index (χ3v) is 3.42. The molecule has 8 heteroatoms. The molecule has 0 radical (unpaired) electrons. The van der Waals surface area contributed by atoms with Crippen LogP contribution in [0.4, 0.5) is 9.59 Å². The first kappa shape index (κ1) is 18.1. The maximum Gasteiger partial charge on any atom is 0.408 e. The number of nitrogens with zero attached hydrogens (tertiary/aromatic N) is 2. The molecule has 0 aliphatic carbocycles. The smallest absolute Gasteiger partial charge is 0.408 e. The highest BCUT2D eigenvalue weighted by Crippen LogP contribution is 2.24. The Labute approximate surface area is 130 Å². The summed E-state index contributed by atoms with van der Waals surface area (Å²) in [5.74, 6) is -1.12. The highest BCUT2D eigenvalue weighted by Gasteiger charge is 2.44. The van der Waals surface area contributed by atoms with Crippen LogP contribution in [0.2, 0.25) is 0 Å². The van der Waals surface area contributed by atoms with E-state index in [0.717, 1.165) is 0 Å². The summed E-state index contributed by atoms with van der Waals surface area (Å²) in [6, 6.07) is -0.170. The molecule has 126 valence electrons. The Bertz CT molecular complexity index is 448. The van der Waals surface area contributed by atoms with Crippen molar-refractivity contribution in [3.8, 4) is 0 Å². The maximum absolute atomic E-state index is 11.9. The lowest BCUT2D eigenvalue weighted by atomic mass is 9.87. The summed E-state index contributed by atoms with van der Waals surface area (Å²) in [5.41, 5.74) is -2.10. The lowest BCUT2D eigenvalue weighted by Gasteiger charge is -2.40. The number of likely N-dealkylation sites (tertiary alicyclic amines) is 1. The van der Waals surface area contributed by atoms with E-state index in [-0.39, 0.29) is 32.0 Å². The Morgan fingerprint density at radius 3 is 2.05 bits per heavy atom. The molecule has 22 heavy (non-hydrogen) atoms. The van der Waals surface area contributed by atoms with Crippen LogP contribution in [0.5, 0.6) is 0 Å². The normalized spacial score (nSPS) is 17.6. The Balaban J connectivity index is 2.74. The average Bonchev–Trinajstić information content (AvgIpc) is 2.36. The second-order valence-corrected chi connectivity index (χ2v) is 6.68. The molecular weight excluding hydrogens is 290 g/mol. The zero-order valence-electron chi connectivity index (χ0n) is 13.8. The molecule has 0 aromatic carbocycles. The topological polar surface area (TPSA) is 99.2 Å². The van der Waals surface area contributed by atoms with Crippen molar-refractivity contribution in [2.75, 3.05) is 27.2 Å². The van der Waals surface area contributed by atoms with E-state index in [0.29, 0.717) is 0 Å². The standard InChI is InChI=1S/C14H25N3O5/c1-13(2,3)22-11(20)15-14(10(18)19)6-8-17(9-7-14)12(21)16(4)5/h6-9H2,1-5H3,(H,15,20)(H,18,19). The SMILES string of the molecule is CN(C)C(=O)N1CCC(NC(=O)OC(C)(C)C)(C(=O)O)CC1. The van der Waals surface area contributed by atoms with Gasteiger partial charge in [-0.3, -0.25) is 0 Å². The van der Waals surface area contributed by atoms with Crippen molar-refractivity contribution in [2.45, 2.75) is 44.8 Å². The van der Waals surface area contributed by atoms with Gasteiger partial charge in [0.15, 0.2) is 0 Å². The van der Waals surface area contributed by atoms with Gasteiger partial charge in [0.1, 0.15) is 11.1 Å². The van der Waals surface area contributed by atoms with Crippen LogP contribution >= 0.6 is 0 Å². The first-order chi connectivity index (χ1) is 9.97. The molecule has 8 nitrogen and oxygen atoms in total. The molecular formula is C14H25N3O5. The van der Waals surface area contributed by atoms with Crippen molar-refractivity contribution < 1.29 is 24.2 Å². The molecule has 1 rings (SSSR count). The van der Waals surface area contributed by atoms with Gasteiger partial charge in [-0.1, -0.05) is 0 Å². The van der Waals surface area contributed by atoms with Crippen molar-refractivity contribution in [1.29, 1.82) is 0 Å². The van der Waals surface area contributed by atoms with Gasteiger partial charge in [-0.25, -0.2) is 14.4 Å². The number of urea groups is 1. The van der Waals surface area contributed by atoms with Crippen molar-refractivity contribution >= 4 is 18.1 Å². The van der Waals surface area contributed by atoms with Crippen molar-refractivity contribution in [2.24, 2.45) is 0 Å². The number of carbonyl (C=O) groups is 3. The average molecular weight is 315 g/mol. The summed E-state index contributed by atoms with van der Waals surface area (Å²) in [6.07, 6.45) is -0.482. The third-order valence-electron chi connectivity index (χ3n) is 3.42. The monoisotopic (exact) mass is 315 g/mol. The van der Waals surface area contributed by atoms with E-state index >= 15 is 0 Å². The minimum absolute atomic E-state index is 0.140. The molecule has 0 atom stereocenters. The van der Waals surface area contributed by atoms with Gasteiger partial charge in [-0.05, 0) is 33.6 Å². The van der Waals surface area contributed by atoms with E-state index in [1.54, 1.807) is 39.8 Å². The lowest BCUT2D eigenvalue weighted by molar-refractivity contribution is -0.146. The minimum Gasteiger partial charge on any atom is -0.480 e. The van der Waals surface area contributed by atoms with Gasteiger partial charge in [-0.15, -0.1) is 0 Å². The highest BCUT2D eigenvalue weighted by molar-refractivity contribution is 5.85. The lowest BCUT2D eigenvalue weighted by Crippen LogP contribution is -2.61. The number of ether oxygens (including phenoxy) is 1. The number of carboxylic acid groups (broad SMARTS) is 1. The van der Waals surface area contributed by atoms with E-state index in [2.05, 4.69) is 5.32 Å². The Hall–Kier alpha value is -1.99. The van der Waals surface area contributed by atoms with Crippen molar-refractivity contribution in [3.63, 3.8) is 0 Å². The zero-order chi connectivity index (χ0) is 17.1. The number of nitrogens with one attached hydrogen (secondary N) is 1. The number of piperidine rings is 1. The molecule has 1 aliphatic heterocycles. The number of hydrogen-bond acceptors (Lipinski definition) is 4. The van der Waals surface area contributed by atoms with Crippen LogP contribution in [-0.4, -0.2) is 71.3 Å². The summed E-state index contributed by atoms with van der Waals surface area (Å²) in [6.45, 7) is 5.65. The molecule has 0 bridgehead atoms. The van der Waals surface area contributed by atoms with Gasteiger partial charge in [0, 0.05) is 27.2 Å². The minimum atomic E-state index is -1.40. The quantitative estimate of drug-likeness (QED) is 0.795. The third kappa shape index (κ3) is 4.51. The van der Waals surface area contributed by atoms with E-state index in [1.807, 2.05) is 0 Å². The molecule has 0 unspecified atom stereocenters. The van der Waals surface area contributed by atoms with Crippen LogP contribution in [0.25, 0.3) is 0 Å². The Morgan fingerprint density at radius 1 is 1.18 bits per heavy atom. The van der Waals surface area contributed by atoms with E-state index in [9.17, 15) is 19.5 Å². The van der Waals surface area contributed by atoms with Gasteiger partial charge >= 0.3 is 18.1 Å². The molecule has 2 N–H and O–H groups in total. The maximum atomic E-state index is 11.9. The van der Waals surface area contributed by atoms with E-state index in [1.165, 1.54) is 4.90 Å². The number of alkyl carbamates (subject to hydrolysis) is 1. The summed E-state index contributed by atoms with van der Waals surface area (Å²) >= 11 is 0. The van der Waals surface area contributed by atoms with Crippen LogP contribution in [0.1, 0.15) is 33.6 Å². The van der Waals surface area contributed by atoms with Crippen LogP contribution < -0.4 is 5.32 Å². The molecule has 3 amide bonds. The van der Waals surface area contributed by atoms with Gasteiger partial charge in [-0.2, -0.15) is 0 Å². The van der Waals surface area contributed by atoms with Crippen LogP contribution in [0, 0.1) is 0 Å². The van der Waals surface area contributed by atoms with Gasteiger partial charge in [0.05, 0.1) is 0 Å². The van der Waals surface area contributed by atoms with Crippen LogP contribution in [-0.2, 0) is 9.53 Å². The van der Waals surface area contributed by atoms with E-state index < -0.39 is 23.2 Å². The molecule has 1 aliphatic rings. The summed E-state index contributed by atoms with van der Waals surface area (Å²) in [7, 11) is 3.28. The number of carbonyl (C=O) groups excluding carboxylic acids is 2. The molecule has 1 fully saturated rings. The number of aliphatic carboxylic acids is 1. The van der Waals surface area contributed by atoms with Crippen LogP contribution in [0.3, 0.4) is 0 Å². The van der Waals surface area contributed by atoms with Crippen molar-refractivity contribution in [1.82, 2.24) is 15.1 Å². The fourth-order valence-corrected chi connectivity index (χ4v) is 2.25. The number of amides is 3. The first-order valence-corrected chi connectivity index (χ1v) is 7.18. The van der Waals surface area contributed by atoms with Gasteiger partial charge < -0.3 is 25.0 Å². The molecule has 1 saturated heterocycles. The van der Waals surface area contributed by atoms with Crippen molar-refractivity contribution in [3.05, 3.63) is 0 Å². The molecule has 0 saturated carbocycles. The summed E-state index contributed by atoms with van der Waals surface area (Å²) in [5, 5.41) is 12.0. The highest BCUT2D eigenvalue weighted by atomic mass is 16.6. The van der Waals surface area contributed by atoms with E-state index in [4.69, 9.17) is 4.74 Å². The molecule has 0 aromatic heterocycles. The predicted octanol–water partition coefficient (Wildman–Crippen LogP) is 1.11. The number of carboxylic acids is 1. The van der Waals surface area contributed by atoms with Gasteiger partial charge in [0.25, 0.3) is 0 Å². The molecule has 0 aromatic rings. The number of rotatable bonds is 2. The number of hydrogen-bond donors (Lipinski definition) is 2. The second-order valence-electron chi connectivity index (χ2n) is 6.68. The van der Waals surface area contributed by atoms with Gasteiger partial charge in [0.2, 0.25) is 0 Å². The summed E-state index contributed by atoms with van der Waals surface area (Å²) < 4.78 is 5.13. The molecule has 0 spiro atoms. The fourth-order valence-electron chi connectivity index (χ4n) is 2.25. The molecule has 1 heterocycles. The van der Waals surface area contributed by atoms with Crippen LogP contribution in [0.15, 0.2) is 0 Å².